The maximum atomic E-state index is 15.0. The minimum atomic E-state index is -0.931. The Balaban J connectivity index is 1.57. The van der Waals surface area contributed by atoms with E-state index >= 15 is 0 Å². The van der Waals surface area contributed by atoms with Crippen LogP contribution in [0.4, 0.5) is 20.4 Å². The topological polar surface area (TPSA) is 118 Å². The Hall–Kier alpha value is -5.49. The fourth-order valence-corrected chi connectivity index (χ4v) is 5.11. The minimum Gasteiger partial charge on any atom is -0.347 e. The fourth-order valence-electron chi connectivity index (χ4n) is 4.49. The number of halogens is 2. The molecule has 12 heteroatoms. The molecule has 0 atom stereocenters. The van der Waals surface area contributed by atoms with Gasteiger partial charge in [0.25, 0.3) is 11.5 Å². The zero-order valence-electron chi connectivity index (χ0n) is 21.8. The first-order valence-corrected chi connectivity index (χ1v) is 13.5. The number of carbonyl (C=O) groups excluding carboxylic acids is 1. The van der Waals surface area contributed by atoms with Crippen molar-refractivity contribution >= 4 is 46.0 Å². The molecule has 3 N–H and O–H groups in total. The Labute approximate surface area is 241 Å². The van der Waals surface area contributed by atoms with Gasteiger partial charge in [0.05, 0.1) is 17.1 Å². The summed E-state index contributed by atoms with van der Waals surface area (Å²) in [5.41, 5.74) is 0.762. The van der Waals surface area contributed by atoms with E-state index in [9.17, 15) is 18.4 Å². The number of nitrogens with zero attached hydrogens (tertiary/aromatic N) is 4. The van der Waals surface area contributed by atoms with Gasteiger partial charge in [-0.1, -0.05) is 30.9 Å². The number of hydrogen-bond acceptors (Lipinski definition) is 7. The van der Waals surface area contributed by atoms with E-state index in [-0.39, 0.29) is 24.0 Å². The summed E-state index contributed by atoms with van der Waals surface area (Å²) >= 11 is 1.31. The van der Waals surface area contributed by atoms with Crippen molar-refractivity contribution in [2.75, 3.05) is 10.6 Å². The van der Waals surface area contributed by atoms with E-state index in [1.807, 2.05) is 5.38 Å². The molecule has 0 radical (unpaired) electrons. The van der Waals surface area contributed by atoms with E-state index in [0.29, 0.717) is 38.6 Å². The summed E-state index contributed by atoms with van der Waals surface area (Å²) in [6.45, 7) is 4.11. The molecule has 0 unspecified atom stereocenters. The SMILES string of the molecule is C=Cc1ccc(NC(=O)c2cccs2)cc1-c1nc(NCc2ncc[nH]2)nc2c1ccc(=O)n2-c1c(F)cccc1F. The standard InChI is InChI=1S/C30H21F2N7O2S/c1-2-17-8-9-18(36-29(41)23-7-4-14-42-23)15-20(17)26-19-10-11-25(40)39(27-21(31)5-3-6-22(27)32)28(19)38-30(37-26)35-16-24-33-12-13-34-24/h2-15H,1,16H2,(H,33,34)(H,36,41)(H,35,37,38). The summed E-state index contributed by atoms with van der Waals surface area (Å²) in [6, 6.07) is 14.8. The average Bonchev–Trinajstić information content (AvgIpc) is 3.72. The highest BCUT2D eigenvalue weighted by Gasteiger charge is 2.21. The van der Waals surface area contributed by atoms with Crippen molar-refractivity contribution in [2.45, 2.75) is 6.54 Å². The van der Waals surface area contributed by atoms with E-state index in [1.165, 1.54) is 29.5 Å². The van der Waals surface area contributed by atoms with E-state index < -0.39 is 22.9 Å². The number of anilines is 2. The number of fused-ring (bicyclic) bond motifs is 1. The van der Waals surface area contributed by atoms with Gasteiger partial charge in [0.2, 0.25) is 5.95 Å². The van der Waals surface area contributed by atoms with E-state index in [2.05, 4.69) is 32.2 Å². The lowest BCUT2D eigenvalue weighted by molar-refractivity contribution is 0.103. The van der Waals surface area contributed by atoms with Crippen LogP contribution >= 0.6 is 11.3 Å². The number of para-hydroxylation sites is 1. The van der Waals surface area contributed by atoms with Crippen LogP contribution in [0, 0.1) is 11.6 Å². The largest absolute Gasteiger partial charge is 0.347 e. The molecule has 9 nitrogen and oxygen atoms in total. The number of aromatic nitrogens is 5. The van der Waals surface area contributed by atoms with Gasteiger partial charge in [-0.3, -0.25) is 14.2 Å². The van der Waals surface area contributed by atoms with Crippen LogP contribution in [-0.2, 0) is 6.54 Å². The second kappa shape index (κ2) is 11.2. The lowest BCUT2D eigenvalue weighted by Gasteiger charge is -2.16. The van der Waals surface area contributed by atoms with E-state index in [4.69, 9.17) is 4.98 Å². The van der Waals surface area contributed by atoms with Gasteiger partial charge in [0, 0.05) is 35.1 Å². The molecule has 0 aliphatic heterocycles. The third-order valence-electron chi connectivity index (χ3n) is 6.41. The molecule has 2 aromatic carbocycles. The minimum absolute atomic E-state index is 0.0264. The maximum absolute atomic E-state index is 15.0. The maximum Gasteiger partial charge on any atom is 0.265 e. The molecule has 208 valence electrons. The predicted molar refractivity (Wildman–Crippen MR) is 159 cm³/mol. The Kier molecular flexibility index (Phi) is 7.11. The molecule has 4 aromatic heterocycles. The van der Waals surface area contributed by atoms with Gasteiger partial charge >= 0.3 is 0 Å². The molecule has 0 saturated carbocycles. The zero-order chi connectivity index (χ0) is 29.2. The lowest BCUT2D eigenvalue weighted by Crippen LogP contribution is -2.21. The molecule has 42 heavy (non-hydrogen) atoms. The number of aromatic amines is 1. The van der Waals surface area contributed by atoms with Crippen molar-refractivity contribution < 1.29 is 13.6 Å². The van der Waals surface area contributed by atoms with Crippen molar-refractivity contribution in [3.05, 3.63) is 123 Å². The van der Waals surface area contributed by atoms with Gasteiger partial charge in [0.1, 0.15) is 23.1 Å². The van der Waals surface area contributed by atoms with Gasteiger partial charge in [-0.2, -0.15) is 4.98 Å². The monoisotopic (exact) mass is 581 g/mol. The number of benzene rings is 2. The van der Waals surface area contributed by atoms with Crippen LogP contribution < -0.4 is 16.2 Å². The number of rotatable bonds is 8. The fraction of sp³-hybridized carbons (Fsp3) is 0.0333. The van der Waals surface area contributed by atoms with Gasteiger partial charge in [-0.05, 0) is 47.3 Å². The molecule has 0 aliphatic carbocycles. The average molecular weight is 582 g/mol. The quantitative estimate of drug-likeness (QED) is 0.202. The van der Waals surface area contributed by atoms with E-state index in [0.717, 1.165) is 16.7 Å². The highest BCUT2D eigenvalue weighted by Crippen LogP contribution is 2.33. The molecular formula is C30H21F2N7O2S. The molecule has 4 heterocycles. The van der Waals surface area contributed by atoms with Crippen LogP contribution in [0.2, 0.25) is 0 Å². The number of amides is 1. The van der Waals surface area contributed by atoms with Gasteiger partial charge in [-0.25, -0.2) is 18.7 Å². The summed E-state index contributed by atoms with van der Waals surface area (Å²) in [5, 5.41) is 8.10. The predicted octanol–water partition coefficient (Wildman–Crippen LogP) is 6.02. The number of hydrogen-bond donors (Lipinski definition) is 3. The highest BCUT2D eigenvalue weighted by molar-refractivity contribution is 7.12. The zero-order valence-corrected chi connectivity index (χ0v) is 22.6. The number of H-pyrrole nitrogens is 1. The van der Waals surface area contributed by atoms with Crippen molar-refractivity contribution in [1.82, 2.24) is 24.5 Å². The Morgan fingerprint density at radius 2 is 1.90 bits per heavy atom. The molecule has 6 rings (SSSR count). The highest BCUT2D eigenvalue weighted by atomic mass is 32.1. The Bertz CT molecular complexity index is 1980. The van der Waals surface area contributed by atoms with E-state index in [1.54, 1.807) is 48.8 Å². The molecule has 1 amide bonds. The third-order valence-corrected chi connectivity index (χ3v) is 7.28. The lowest BCUT2D eigenvalue weighted by atomic mass is 10.0. The van der Waals surface area contributed by atoms with Crippen LogP contribution in [-0.4, -0.2) is 30.4 Å². The molecule has 0 bridgehead atoms. The summed E-state index contributed by atoms with van der Waals surface area (Å²) in [6.07, 6.45) is 4.87. The molecule has 0 aliphatic rings. The smallest absolute Gasteiger partial charge is 0.265 e. The number of carbonyl (C=O) groups is 1. The van der Waals surface area contributed by atoms with Gasteiger partial charge in [0.15, 0.2) is 5.65 Å². The van der Waals surface area contributed by atoms with Crippen LogP contribution in [0.1, 0.15) is 21.1 Å². The second-order valence-corrected chi connectivity index (χ2v) is 9.99. The molecule has 0 fully saturated rings. The first-order chi connectivity index (χ1) is 20.4. The molecular weight excluding hydrogens is 560 g/mol. The van der Waals surface area contributed by atoms with Crippen LogP contribution in [0.3, 0.4) is 0 Å². The first-order valence-electron chi connectivity index (χ1n) is 12.6. The van der Waals surface area contributed by atoms with Crippen molar-refractivity contribution in [3.8, 4) is 16.9 Å². The molecule has 0 saturated heterocycles. The summed E-state index contributed by atoms with van der Waals surface area (Å²) < 4.78 is 30.9. The van der Waals surface area contributed by atoms with Gasteiger partial charge < -0.3 is 15.6 Å². The summed E-state index contributed by atoms with van der Waals surface area (Å²) in [7, 11) is 0. The number of imidazole rings is 1. The Morgan fingerprint density at radius 3 is 2.62 bits per heavy atom. The number of thiophene rings is 1. The second-order valence-electron chi connectivity index (χ2n) is 9.04. The van der Waals surface area contributed by atoms with Gasteiger partial charge in [-0.15, -0.1) is 11.3 Å². The summed E-state index contributed by atoms with van der Waals surface area (Å²) in [5.74, 6) is -1.47. The summed E-state index contributed by atoms with van der Waals surface area (Å²) in [4.78, 5) is 42.8. The first kappa shape index (κ1) is 26.7. The van der Waals surface area contributed by atoms with Crippen molar-refractivity contribution in [3.63, 3.8) is 0 Å². The third kappa shape index (κ3) is 5.06. The van der Waals surface area contributed by atoms with Crippen molar-refractivity contribution in [1.29, 1.82) is 0 Å². The molecule has 0 spiro atoms. The van der Waals surface area contributed by atoms with Crippen LogP contribution in [0.5, 0.6) is 0 Å². The number of nitrogens with one attached hydrogen (secondary N) is 3. The molecule has 6 aromatic rings. The Morgan fingerprint density at radius 1 is 1.07 bits per heavy atom. The number of pyridine rings is 1. The van der Waals surface area contributed by atoms with Crippen LogP contribution in [0.25, 0.3) is 34.1 Å². The normalized spacial score (nSPS) is 11.0. The van der Waals surface area contributed by atoms with Crippen LogP contribution in [0.15, 0.2) is 89.8 Å². The van der Waals surface area contributed by atoms with Crippen molar-refractivity contribution in [2.24, 2.45) is 0 Å².